The van der Waals surface area contributed by atoms with E-state index in [2.05, 4.69) is 29.2 Å². The Balaban J connectivity index is 1.69. The van der Waals surface area contributed by atoms with Gasteiger partial charge in [0.05, 0.1) is 15.4 Å². The Morgan fingerprint density at radius 3 is 2.28 bits per heavy atom. The number of hydrogen-bond acceptors (Lipinski definition) is 3. The van der Waals surface area contributed by atoms with Crippen LogP contribution in [0.15, 0.2) is 84.5 Å². The van der Waals surface area contributed by atoms with E-state index in [9.17, 15) is 9.18 Å². The van der Waals surface area contributed by atoms with Crippen LogP contribution < -0.4 is 0 Å². The molecular formula is C30H23ClFNO2S. The van der Waals surface area contributed by atoms with Gasteiger partial charge in [0.25, 0.3) is 0 Å². The lowest BCUT2D eigenvalue weighted by atomic mass is 9.73. The summed E-state index contributed by atoms with van der Waals surface area (Å²) in [6.45, 7) is 0. The van der Waals surface area contributed by atoms with Crippen LogP contribution in [-0.2, 0) is 4.79 Å². The normalized spacial score (nSPS) is 14.5. The number of carbonyl (C=O) groups is 1. The molecule has 36 heavy (non-hydrogen) atoms. The summed E-state index contributed by atoms with van der Waals surface area (Å²) in [5.74, 6) is -1.03. The zero-order valence-electron chi connectivity index (χ0n) is 19.3. The number of halogens is 2. The van der Waals surface area contributed by atoms with Crippen LogP contribution in [-0.4, -0.2) is 16.1 Å². The number of benzene rings is 3. The number of allylic oxidation sites excluding steroid dienone is 1. The van der Waals surface area contributed by atoms with E-state index in [1.54, 1.807) is 23.5 Å². The summed E-state index contributed by atoms with van der Waals surface area (Å²) in [4.78, 5) is 16.2. The van der Waals surface area contributed by atoms with E-state index < -0.39 is 5.97 Å². The standard InChI is InChI=1S/C30H23ClFNO2S/c31-26-16-24(32)13-14-25(26)30(21-2-1-3-21)29(22-7-4-19(5-8-22)6-15-28(34)35)23-11-9-20(10-12-23)27-17-33-18-36-27/h4-18,21H,1-3H2,(H,34,35)/b15-6+,30-29+. The predicted molar refractivity (Wildman–Crippen MR) is 145 cm³/mol. The lowest BCUT2D eigenvalue weighted by Crippen LogP contribution is -2.15. The molecule has 0 aliphatic heterocycles. The Morgan fingerprint density at radius 2 is 1.72 bits per heavy atom. The molecular weight excluding hydrogens is 493 g/mol. The molecule has 1 saturated carbocycles. The molecule has 0 unspecified atom stereocenters. The molecule has 1 heterocycles. The first-order valence-corrected chi connectivity index (χ1v) is 13.0. The smallest absolute Gasteiger partial charge is 0.328 e. The average molecular weight is 516 g/mol. The fourth-order valence-electron chi connectivity index (χ4n) is 4.53. The minimum Gasteiger partial charge on any atom is -0.478 e. The van der Waals surface area contributed by atoms with Crippen molar-refractivity contribution in [1.82, 2.24) is 4.98 Å². The van der Waals surface area contributed by atoms with Crippen LogP contribution in [0.5, 0.6) is 0 Å². The summed E-state index contributed by atoms with van der Waals surface area (Å²) in [6.07, 6.45) is 7.79. The second kappa shape index (κ2) is 10.6. The van der Waals surface area contributed by atoms with E-state index in [0.29, 0.717) is 10.9 Å². The molecule has 5 rings (SSSR count). The maximum Gasteiger partial charge on any atom is 0.328 e. The maximum atomic E-state index is 14.0. The Hall–Kier alpha value is -3.54. The summed E-state index contributed by atoms with van der Waals surface area (Å²) in [5, 5.41) is 9.36. The van der Waals surface area contributed by atoms with Gasteiger partial charge in [-0.2, -0.15) is 0 Å². The summed E-state index contributed by atoms with van der Waals surface area (Å²) >= 11 is 8.21. The first kappa shape index (κ1) is 24.2. The second-order valence-corrected chi connectivity index (χ2v) is 10.1. The van der Waals surface area contributed by atoms with Gasteiger partial charge in [-0.1, -0.05) is 72.6 Å². The van der Waals surface area contributed by atoms with Crippen molar-refractivity contribution in [2.45, 2.75) is 19.3 Å². The first-order chi connectivity index (χ1) is 17.5. The summed E-state index contributed by atoms with van der Waals surface area (Å²) in [5.41, 5.74) is 8.77. The average Bonchev–Trinajstić information content (AvgIpc) is 3.38. The zero-order chi connectivity index (χ0) is 25.1. The fourth-order valence-corrected chi connectivity index (χ4v) is 5.43. The molecule has 6 heteroatoms. The highest BCUT2D eigenvalue weighted by atomic mass is 35.5. The molecule has 0 bridgehead atoms. The Kier molecular flexibility index (Phi) is 7.12. The molecule has 3 nitrogen and oxygen atoms in total. The number of aromatic nitrogens is 1. The van der Waals surface area contributed by atoms with Crippen molar-refractivity contribution in [2.75, 3.05) is 0 Å². The van der Waals surface area contributed by atoms with Crippen LogP contribution in [0.2, 0.25) is 5.02 Å². The molecule has 1 fully saturated rings. The van der Waals surface area contributed by atoms with Crippen LogP contribution >= 0.6 is 22.9 Å². The van der Waals surface area contributed by atoms with Crippen molar-refractivity contribution in [3.63, 3.8) is 0 Å². The van der Waals surface area contributed by atoms with Crippen molar-refractivity contribution < 1.29 is 14.3 Å². The highest BCUT2D eigenvalue weighted by Crippen LogP contribution is 2.47. The van der Waals surface area contributed by atoms with Gasteiger partial charge < -0.3 is 5.11 Å². The highest BCUT2D eigenvalue weighted by molar-refractivity contribution is 7.13. The van der Waals surface area contributed by atoms with Gasteiger partial charge in [0, 0.05) is 12.3 Å². The number of carboxylic acids is 1. The van der Waals surface area contributed by atoms with Crippen LogP contribution in [0.4, 0.5) is 4.39 Å². The highest BCUT2D eigenvalue weighted by Gasteiger charge is 2.28. The molecule has 0 radical (unpaired) electrons. The van der Waals surface area contributed by atoms with Crippen LogP contribution in [0.1, 0.15) is 41.5 Å². The van der Waals surface area contributed by atoms with E-state index in [4.69, 9.17) is 16.7 Å². The molecule has 0 spiro atoms. The van der Waals surface area contributed by atoms with Gasteiger partial charge in [0.1, 0.15) is 5.82 Å². The lowest BCUT2D eigenvalue weighted by molar-refractivity contribution is -0.131. The number of aliphatic carboxylic acids is 1. The molecule has 1 N–H and O–H groups in total. The van der Waals surface area contributed by atoms with Crippen molar-refractivity contribution in [2.24, 2.45) is 5.92 Å². The minimum absolute atomic E-state index is 0.315. The van der Waals surface area contributed by atoms with Crippen molar-refractivity contribution in [3.8, 4) is 10.4 Å². The second-order valence-electron chi connectivity index (χ2n) is 8.78. The maximum absolute atomic E-state index is 14.0. The lowest BCUT2D eigenvalue weighted by Gasteiger charge is -2.32. The number of nitrogens with zero attached hydrogens (tertiary/aromatic N) is 1. The number of thiazole rings is 1. The summed E-state index contributed by atoms with van der Waals surface area (Å²) in [6, 6.07) is 20.8. The van der Waals surface area contributed by atoms with E-state index in [1.807, 2.05) is 36.0 Å². The van der Waals surface area contributed by atoms with Crippen molar-refractivity contribution in [3.05, 3.63) is 118 Å². The van der Waals surface area contributed by atoms with Gasteiger partial charge in [-0.05, 0) is 75.9 Å². The fraction of sp³-hybridized carbons (Fsp3) is 0.133. The summed E-state index contributed by atoms with van der Waals surface area (Å²) < 4.78 is 14.0. The van der Waals surface area contributed by atoms with Crippen molar-refractivity contribution in [1.29, 1.82) is 0 Å². The molecule has 180 valence electrons. The summed E-state index contributed by atoms with van der Waals surface area (Å²) in [7, 11) is 0. The Morgan fingerprint density at radius 1 is 1.03 bits per heavy atom. The van der Waals surface area contributed by atoms with Gasteiger partial charge in [0.15, 0.2) is 0 Å². The topological polar surface area (TPSA) is 50.2 Å². The SMILES string of the molecule is O=C(O)/C=C/c1ccc(/C(=C(\c2ccc(F)cc2Cl)C2CCC2)c2ccc(-c3cncs3)cc2)cc1. The number of carboxylic acid groups (broad SMARTS) is 1. The number of rotatable bonds is 7. The predicted octanol–water partition coefficient (Wildman–Crippen LogP) is 8.46. The van der Waals surface area contributed by atoms with Gasteiger partial charge in [0.2, 0.25) is 0 Å². The molecule has 0 atom stereocenters. The van der Waals surface area contributed by atoms with Crippen LogP contribution in [0, 0.1) is 11.7 Å². The molecule has 0 amide bonds. The van der Waals surface area contributed by atoms with Gasteiger partial charge >= 0.3 is 5.97 Å². The van der Waals surface area contributed by atoms with Crippen LogP contribution in [0.25, 0.3) is 27.7 Å². The quantitative estimate of drug-likeness (QED) is 0.198. The molecule has 1 aliphatic carbocycles. The molecule has 3 aromatic carbocycles. The van der Waals surface area contributed by atoms with Gasteiger partial charge in [-0.3, -0.25) is 4.98 Å². The zero-order valence-corrected chi connectivity index (χ0v) is 20.9. The van der Waals surface area contributed by atoms with Gasteiger partial charge in [-0.25, -0.2) is 9.18 Å². The van der Waals surface area contributed by atoms with Crippen molar-refractivity contribution >= 4 is 46.1 Å². The van der Waals surface area contributed by atoms with E-state index in [-0.39, 0.29) is 5.82 Å². The van der Waals surface area contributed by atoms with E-state index >= 15 is 0 Å². The third kappa shape index (κ3) is 5.18. The Bertz CT molecular complexity index is 1440. The number of hydrogen-bond donors (Lipinski definition) is 1. The van der Waals surface area contributed by atoms with Gasteiger partial charge in [-0.15, -0.1) is 11.3 Å². The van der Waals surface area contributed by atoms with E-state index in [1.165, 1.54) is 12.1 Å². The molecule has 0 saturated heterocycles. The van der Waals surface area contributed by atoms with E-state index in [0.717, 1.165) is 69.2 Å². The molecule has 1 aromatic heterocycles. The molecule has 4 aromatic rings. The monoisotopic (exact) mass is 515 g/mol. The third-order valence-corrected chi connectivity index (χ3v) is 7.65. The minimum atomic E-state index is -0.987. The van der Waals surface area contributed by atoms with Crippen LogP contribution in [0.3, 0.4) is 0 Å². The largest absolute Gasteiger partial charge is 0.478 e. The third-order valence-electron chi connectivity index (χ3n) is 6.51. The Labute approximate surface area is 218 Å². The first-order valence-electron chi connectivity index (χ1n) is 11.7. The molecule has 1 aliphatic rings.